The third-order valence-electron chi connectivity index (χ3n) is 5.02. The highest BCUT2D eigenvalue weighted by Crippen LogP contribution is 2.18. The summed E-state index contributed by atoms with van der Waals surface area (Å²) in [5.74, 6) is 0. The number of aryl methyl sites for hydroxylation is 1. The number of anilines is 1. The number of pyridine rings is 1. The molecule has 4 aromatic rings. The van der Waals surface area contributed by atoms with Gasteiger partial charge in [-0.05, 0) is 66.0 Å². The standard InChI is InChI=1S/C25H22ClN3OS/c1-17-10-11-19-13-20(24(30)28-23(19)12-17)16-29(15-18-6-3-2-4-7-18)25(31)27-22-9-5-8-21(26)14-22/h2-14H,15-16H2,1H3,(H,27,31)(H,28,30). The van der Waals surface area contributed by atoms with E-state index in [4.69, 9.17) is 23.8 Å². The van der Waals surface area contributed by atoms with Gasteiger partial charge in [-0.1, -0.05) is 60.1 Å². The predicted octanol–water partition coefficient (Wildman–Crippen LogP) is 5.89. The van der Waals surface area contributed by atoms with E-state index in [-0.39, 0.29) is 5.56 Å². The number of aromatic nitrogens is 1. The quantitative estimate of drug-likeness (QED) is 0.374. The number of fused-ring (bicyclic) bond motifs is 1. The number of thiocarbonyl (C=S) groups is 1. The molecule has 31 heavy (non-hydrogen) atoms. The van der Waals surface area contributed by atoms with E-state index in [1.165, 1.54) is 0 Å². The van der Waals surface area contributed by atoms with E-state index in [1.54, 1.807) is 0 Å². The molecule has 2 N–H and O–H groups in total. The van der Waals surface area contributed by atoms with Gasteiger partial charge in [-0.3, -0.25) is 4.79 Å². The molecule has 0 saturated carbocycles. The molecule has 0 aliphatic carbocycles. The smallest absolute Gasteiger partial charge is 0.253 e. The molecule has 1 heterocycles. The normalized spacial score (nSPS) is 10.8. The Hall–Kier alpha value is -3.15. The highest BCUT2D eigenvalue weighted by molar-refractivity contribution is 7.80. The van der Waals surface area contributed by atoms with Crippen LogP contribution < -0.4 is 10.9 Å². The van der Waals surface area contributed by atoms with Crippen molar-refractivity contribution in [3.05, 3.63) is 111 Å². The first kappa shape index (κ1) is 21.1. The maximum Gasteiger partial charge on any atom is 0.253 e. The fourth-order valence-electron chi connectivity index (χ4n) is 3.46. The zero-order chi connectivity index (χ0) is 21.8. The fraction of sp³-hybridized carbons (Fsp3) is 0.120. The Kier molecular flexibility index (Phi) is 6.35. The summed E-state index contributed by atoms with van der Waals surface area (Å²) in [6.45, 7) is 2.95. The Bertz CT molecular complexity index is 1290. The molecule has 0 aliphatic rings. The van der Waals surface area contributed by atoms with Crippen LogP contribution in [0.5, 0.6) is 0 Å². The van der Waals surface area contributed by atoms with Crippen molar-refractivity contribution in [3.63, 3.8) is 0 Å². The average Bonchev–Trinajstić information content (AvgIpc) is 2.74. The second kappa shape index (κ2) is 9.33. The van der Waals surface area contributed by atoms with E-state index in [2.05, 4.69) is 10.3 Å². The summed E-state index contributed by atoms with van der Waals surface area (Å²) >= 11 is 11.8. The first-order valence-corrected chi connectivity index (χ1v) is 10.7. The van der Waals surface area contributed by atoms with Crippen LogP contribution in [-0.4, -0.2) is 15.0 Å². The number of rotatable bonds is 5. The minimum Gasteiger partial charge on any atom is -0.340 e. The van der Waals surface area contributed by atoms with Crippen LogP contribution in [0, 0.1) is 6.92 Å². The highest BCUT2D eigenvalue weighted by atomic mass is 35.5. The number of benzene rings is 3. The number of aromatic amines is 1. The van der Waals surface area contributed by atoms with Crippen LogP contribution in [0.1, 0.15) is 16.7 Å². The molecular formula is C25H22ClN3OS. The van der Waals surface area contributed by atoms with Gasteiger partial charge in [0.05, 0.1) is 6.54 Å². The van der Waals surface area contributed by atoms with Crippen LogP contribution in [0.15, 0.2) is 83.7 Å². The number of nitrogens with zero attached hydrogens (tertiary/aromatic N) is 1. The van der Waals surface area contributed by atoms with E-state index < -0.39 is 0 Å². The third-order valence-corrected chi connectivity index (χ3v) is 5.61. The van der Waals surface area contributed by atoms with Crippen LogP contribution in [0.25, 0.3) is 10.9 Å². The Morgan fingerprint density at radius 3 is 2.58 bits per heavy atom. The average molecular weight is 448 g/mol. The van der Waals surface area contributed by atoms with E-state index in [1.807, 2.05) is 90.7 Å². The maximum absolute atomic E-state index is 12.8. The molecule has 0 unspecified atom stereocenters. The molecule has 6 heteroatoms. The van der Waals surface area contributed by atoms with E-state index in [0.29, 0.717) is 28.8 Å². The fourth-order valence-corrected chi connectivity index (χ4v) is 3.89. The molecule has 0 aliphatic heterocycles. The Morgan fingerprint density at radius 2 is 1.81 bits per heavy atom. The molecule has 4 rings (SSSR count). The van der Waals surface area contributed by atoms with Gasteiger partial charge in [-0.15, -0.1) is 0 Å². The lowest BCUT2D eigenvalue weighted by Gasteiger charge is -2.26. The Morgan fingerprint density at radius 1 is 1.00 bits per heavy atom. The van der Waals surface area contributed by atoms with Gasteiger partial charge in [0, 0.05) is 28.3 Å². The van der Waals surface area contributed by atoms with E-state index >= 15 is 0 Å². The summed E-state index contributed by atoms with van der Waals surface area (Å²) in [5.41, 5.74) is 4.39. The number of nitrogens with one attached hydrogen (secondary N) is 2. The summed E-state index contributed by atoms with van der Waals surface area (Å²) in [4.78, 5) is 17.8. The van der Waals surface area contributed by atoms with Gasteiger partial charge in [0.25, 0.3) is 5.56 Å². The summed E-state index contributed by atoms with van der Waals surface area (Å²) in [7, 11) is 0. The minimum absolute atomic E-state index is 0.110. The number of hydrogen-bond donors (Lipinski definition) is 2. The summed E-state index contributed by atoms with van der Waals surface area (Å²) in [6.07, 6.45) is 0. The molecule has 1 aromatic heterocycles. The van der Waals surface area contributed by atoms with Crippen molar-refractivity contribution in [2.45, 2.75) is 20.0 Å². The first-order valence-electron chi connectivity index (χ1n) is 9.96. The van der Waals surface area contributed by atoms with Crippen molar-refractivity contribution < 1.29 is 0 Å². The molecule has 0 bridgehead atoms. The van der Waals surface area contributed by atoms with E-state index in [0.717, 1.165) is 27.7 Å². The lowest BCUT2D eigenvalue weighted by atomic mass is 10.1. The van der Waals surface area contributed by atoms with Crippen molar-refractivity contribution in [3.8, 4) is 0 Å². The van der Waals surface area contributed by atoms with Crippen LogP contribution in [-0.2, 0) is 13.1 Å². The number of halogens is 1. The zero-order valence-corrected chi connectivity index (χ0v) is 18.6. The van der Waals surface area contributed by atoms with Crippen molar-refractivity contribution in [2.24, 2.45) is 0 Å². The van der Waals surface area contributed by atoms with Crippen molar-refractivity contribution in [2.75, 3.05) is 5.32 Å². The lowest BCUT2D eigenvalue weighted by molar-refractivity contribution is 0.411. The number of H-pyrrole nitrogens is 1. The van der Waals surface area contributed by atoms with Gasteiger partial charge in [-0.2, -0.15) is 0 Å². The van der Waals surface area contributed by atoms with Crippen LogP contribution in [0.2, 0.25) is 5.02 Å². The molecular weight excluding hydrogens is 426 g/mol. The molecule has 0 fully saturated rings. The Balaban J connectivity index is 1.64. The van der Waals surface area contributed by atoms with Crippen LogP contribution >= 0.6 is 23.8 Å². The molecule has 0 saturated heterocycles. The van der Waals surface area contributed by atoms with Gasteiger partial charge in [0.1, 0.15) is 0 Å². The SMILES string of the molecule is Cc1ccc2cc(CN(Cc3ccccc3)C(=S)Nc3cccc(Cl)c3)c(=O)[nH]c2c1. The summed E-state index contributed by atoms with van der Waals surface area (Å²) < 4.78 is 0. The second-order valence-corrected chi connectivity index (χ2v) is 8.32. The van der Waals surface area contributed by atoms with Crippen LogP contribution in [0.4, 0.5) is 5.69 Å². The minimum atomic E-state index is -0.110. The molecule has 4 nitrogen and oxygen atoms in total. The largest absolute Gasteiger partial charge is 0.340 e. The zero-order valence-electron chi connectivity index (χ0n) is 17.1. The van der Waals surface area contributed by atoms with Crippen molar-refractivity contribution in [1.82, 2.24) is 9.88 Å². The number of hydrogen-bond acceptors (Lipinski definition) is 2. The van der Waals surface area contributed by atoms with Gasteiger partial charge < -0.3 is 15.2 Å². The first-order chi connectivity index (χ1) is 15.0. The molecule has 156 valence electrons. The topological polar surface area (TPSA) is 48.1 Å². The highest BCUT2D eigenvalue weighted by Gasteiger charge is 2.15. The molecule has 0 amide bonds. The van der Waals surface area contributed by atoms with Gasteiger partial charge in [0.15, 0.2) is 5.11 Å². The maximum atomic E-state index is 12.8. The molecule has 0 spiro atoms. The van der Waals surface area contributed by atoms with Crippen LogP contribution in [0.3, 0.4) is 0 Å². The third kappa shape index (κ3) is 5.32. The van der Waals surface area contributed by atoms with Gasteiger partial charge in [-0.25, -0.2) is 0 Å². The molecule has 3 aromatic carbocycles. The lowest BCUT2D eigenvalue weighted by Crippen LogP contribution is -2.35. The van der Waals surface area contributed by atoms with Crippen molar-refractivity contribution in [1.29, 1.82) is 0 Å². The Labute approximate surface area is 191 Å². The summed E-state index contributed by atoms with van der Waals surface area (Å²) in [5, 5.41) is 5.39. The summed E-state index contributed by atoms with van der Waals surface area (Å²) in [6, 6.07) is 25.4. The molecule has 0 atom stereocenters. The van der Waals surface area contributed by atoms with Crippen molar-refractivity contribution >= 4 is 45.5 Å². The van der Waals surface area contributed by atoms with E-state index in [9.17, 15) is 4.79 Å². The monoisotopic (exact) mass is 447 g/mol. The van der Waals surface area contributed by atoms with Gasteiger partial charge >= 0.3 is 0 Å². The molecule has 0 radical (unpaired) electrons. The predicted molar refractivity (Wildman–Crippen MR) is 133 cm³/mol. The van der Waals surface area contributed by atoms with Gasteiger partial charge in [0.2, 0.25) is 0 Å². The second-order valence-electron chi connectivity index (χ2n) is 7.50.